The van der Waals surface area contributed by atoms with Crippen LogP contribution < -0.4 is 0 Å². The maximum absolute atomic E-state index is 13.9. The van der Waals surface area contributed by atoms with Crippen molar-refractivity contribution in [1.82, 2.24) is 4.90 Å². The molecule has 1 aliphatic heterocycles. The minimum absolute atomic E-state index is 0.0835. The lowest BCUT2D eigenvalue weighted by molar-refractivity contribution is -0.174. The number of fused-ring (bicyclic) bond motifs is 2. The van der Waals surface area contributed by atoms with Crippen LogP contribution in [-0.4, -0.2) is 22.4 Å². The van der Waals surface area contributed by atoms with E-state index in [0.717, 1.165) is 11.1 Å². The van der Waals surface area contributed by atoms with E-state index in [1.165, 1.54) is 0 Å². The first-order valence-corrected chi connectivity index (χ1v) is 9.91. The highest BCUT2D eigenvalue weighted by atomic mass is 16.6. The lowest BCUT2D eigenvalue weighted by atomic mass is 9.66. The fourth-order valence-electron chi connectivity index (χ4n) is 4.78. The highest BCUT2D eigenvalue weighted by Gasteiger charge is 2.76. The average molecular weight is 377 g/mol. The molecule has 0 spiro atoms. The Labute approximate surface area is 166 Å². The maximum atomic E-state index is 13.9. The Kier molecular flexibility index (Phi) is 4.33. The fraction of sp³-hybridized carbons (Fsp3) is 0.417. The van der Waals surface area contributed by atoms with Crippen molar-refractivity contribution in [3.05, 3.63) is 71.8 Å². The van der Waals surface area contributed by atoms with E-state index in [9.17, 15) is 9.59 Å². The van der Waals surface area contributed by atoms with Crippen LogP contribution in [0.3, 0.4) is 0 Å². The van der Waals surface area contributed by atoms with Crippen LogP contribution in [0.15, 0.2) is 60.7 Å². The third kappa shape index (κ3) is 2.58. The molecule has 0 unspecified atom stereocenters. The van der Waals surface area contributed by atoms with Crippen LogP contribution in [-0.2, 0) is 27.4 Å². The quantitative estimate of drug-likeness (QED) is 0.729. The third-order valence-corrected chi connectivity index (χ3v) is 7.15. The van der Waals surface area contributed by atoms with E-state index in [0.29, 0.717) is 25.9 Å². The van der Waals surface area contributed by atoms with Gasteiger partial charge >= 0.3 is 5.97 Å². The van der Waals surface area contributed by atoms with E-state index in [1.54, 1.807) is 0 Å². The molecule has 4 heteroatoms. The number of hydrogen-bond donors (Lipinski definition) is 0. The van der Waals surface area contributed by atoms with E-state index < -0.39 is 16.4 Å². The van der Waals surface area contributed by atoms with Gasteiger partial charge in [0.2, 0.25) is 0 Å². The maximum Gasteiger partial charge on any atom is 0.313 e. The molecule has 0 N–H and O–H groups in total. The molecule has 4 rings (SSSR count). The summed E-state index contributed by atoms with van der Waals surface area (Å²) in [6.45, 7) is 6.93. The molecule has 2 atom stereocenters. The first-order chi connectivity index (χ1) is 13.3. The van der Waals surface area contributed by atoms with Crippen molar-refractivity contribution in [3.8, 4) is 0 Å². The average Bonchev–Trinajstić information content (AvgIpc) is 2.99. The van der Waals surface area contributed by atoms with Crippen LogP contribution in [0.25, 0.3) is 0 Å². The molecule has 1 aliphatic carbocycles. The van der Waals surface area contributed by atoms with Gasteiger partial charge in [0.1, 0.15) is 0 Å². The largest absolute Gasteiger partial charge is 0.448 e. The zero-order valence-corrected chi connectivity index (χ0v) is 16.8. The zero-order chi connectivity index (χ0) is 20.0. The Hall–Kier alpha value is -2.62. The minimum Gasteiger partial charge on any atom is -0.448 e. The molecule has 2 aliphatic rings. The van der Waals surface area contributed by atoms with Gasteiger partial charge in [-0.2, -0.15) is 0 Å². The smallest absolute Gasteiger partial charge is 0.313 e. The van der Waals surface area contributed by atoms with E-state index in [2.05, 4.69) is 0 Å². The van der Waals surface area contributed by atoms with Crippen molar-refractivity contribution >= 4 is 11.9 Å². The standard InChI is InChI=1S/C24H27NO3/c1-22(2)23(3)14-15-24(22,28-21(23)27)20(26)25(16-18-10-6-4-7-11-18)17-19-12-8-5-9-13-19/h4-13H,14-17H2,1-3H3/t23-,24+/m0/s1. The second-order valence-electron chi connectivity index (χ2n) is 8.81. The third-order valence-electron chi connectivity index (χ3n) is 7.15. The van der Waals surface area contributed by atoms with Gasteiger partial charge < -0.3 is 9.64 Å². The van der Waals surface area contributed by atoms with Gasteiger partial charge in [0, 0.05) is 18.5 Å². The van der Waals surface area contributed by atoms with Crippen molar-refractivity contribution in [2.75, 3.05) is 0 Å². The van der Waals surface area contributed by atoms with Crippen molar-refractivity contribution in [2.24, 2.45) is 10.8 Å². The number of rotatable bonds is 5. The van der Waals surface area contributed by atoms with Gasteiger partial charge in [-0.3, -0.25) is 9.59 Å². The number of esters is 1. The molecule has 1 saturated carbocycles. The Morgan fingerprint density at radius 3 is 1.79 bits per heavy atom. The predicted octanol–water partition coefficient (Wildman–Crippen LogP) is 4.34. The van der Waals surface area contributed by atoms with Gasteiger partial charge in [0.05, 0.1) is 5.41 Å². The number of benzene rings is 2. The summed E-state index contributed by atoms with van der Waals surface area (Å²) in [4.78, 5) is 28.4. The fourth-order valence-corrected chi connectivity index (χ4v) is 4.78. The van der Waals surface area contributed by atoms with Crippen LogP contribution in [0.4, 0.5) is 0 Å². The first kappa shape index (κ1) is 18.7. The minimum atomic E-state index is -1.08. The summed E-state index contributed by atoms with van der Waals surface area (Å²) in [6.07, 6.45) is 1.27. The van der Waals surface area contributed by atoms with Crippen molar-refractivity contribution in [2.45, 2.75) is 52.3 Å². The van der Waals surface area contributed by atoms with Crippen LogP contribution in [0.1, 0.15) is 44.7 Å². The molecule has 1 saturated heterocycles. The molecule has 0 aromatic heterocycles. The van der Waals surface area contributed by atoms with Crippen molar-refractivity contribution < 1.29 is 14.3 Å². The summed E-state index contributed by atoms with van der Waals surface area (Å²) in [5, 5.41) is 0. The second kappa shape index (κ2) is 6.47. The van der Waals surface area contributed by atoms with E-state index in [1.807, 2.05) is 86.3 Å². The van der Waals surface area contributed by atoms with Crippen LogP contribution >= 0.6 is 0 Å². The molecule has 1 amide bonds. The van der Waals surface area contributed by atoms with Crippen LogP contribution in [0, 0.1) is 10.8 Å². The molecule has 4 nitrogen and oxygen atoms in total. The van der Waals surface area contributed by atoms with Gasteiger partial charge in [0.15, 0.2) is 5.60 Å². The molecule has 2 aromatic carbocycles. The Morgan fingerprint density at radius 2 is 1.39 bits per heavy atom. The molecule has 1 heterocycles. The van der Waals surface area contributed by atoms with Gasteiger partial charge in [-0.1, -0.05) is 74.5 Å². The van der Waals surface area contributed by atoms with Crippen molar-refractivity contribution in [1.29, 1.82) is 0 Å². The Morgan fingerprint density at radius 1 is 0.893 bits per heavy atom. The summed E-state index contributed by atoms with van der Waals surface area (Å²) in [7, 11) is 0. The molecular formula is C24H27NO3. The first-order valence-electron chi connectivity index (χ1n) is 9.91. The van der Waals surface area contributed by atoms with Gasteiger partial charge in [-0.25, -0.2) is 0 Å². The molecule has 2 aromatic rings. The lowest BCUT2D eigenvalue weighted by Gasteiger charge is -2.39. The Bertz CT molecular complexity index is 851. The highest BCUT2D eigenvalue weighted by molar-refractivity contribution is 5.96. The topological polar surface area (TPSA) is 46.6 Å². The number of carbonyl (C=O) groups excluding carboxylic acids is 2. The summed E-state index contributed by atoms with van der Waals surface area (Å²) >= 11 is 0. The van der Waals surface area contributed by atoms with E-state index >= 15 is 0 Å². The second-order valence-corrected chi connectivity index (χ2v) is 8.81. The molecular weight excluding hydrogens is 350 g/mol. The van der Waals surface area contributed by atoms with Crippen molar-refractivity contribution in [3.63, 3.8) is 0 Å². The van der Waals surface area contributed by atoms with Gasteiger partial charge in [0.25, 0.3) is 5.91 Å². The number of hydrogen-bond acceptors (Lipinski definition) is 3. The molecule has 28 heavy (non-hydrogen) atoms. The number of ether oxygens (including phenoxy) is 1. The van der Waals surface area contributed by atoms with Crippen LogP contribution in [0.2, 0.25) is 0 Å². The highest BCUT2D eigenvalue weighted by Crippen LogP contribution is 2.66. The summed E-state index contributed by atoms with van der Waals surface area (Å²) in [5.74, 6) is -0.323. The monoisotopic (exact) mass is 377 g/mol. The van der Waals surface area contributed by atoms with E-state index in [-0.39, 0.29) is 11.9 Å². The molecule has 2 bridgehead atoms. The van der Waals surface area contributed by atoms with Gasteiger partial charge in [-0.15, -0.1) is 0 Å². The molecule has 2 fully saturated rings. The Balaban J connectivity index is 1.70. The molecule has 0 radical (unpaired) electrons. The normalized spacial score (nSPS) is 27.5. The SMILES string of the molecule is CC1(C)[C@@]2(C)CC[C@]1(C(=O)N(Cc1ccccc1)Cc1ccccc1)OC2=O. The summed E-state index contributed by atoms with van der Waals surface area (Å²) in [6, 6.07) is 19.9. The predicted molar refractivity (Wildman–Crippen MR) is 107 cm³/mol. The molecule has 146 valence electrons. The van der Waals surface area contributed by atoms with Crippen LogP contribution in [0.5, 0.6) is 0 Å². The number of carbonyl (C=O) groups is 2. The van der Waals surface area contributed by atoms with Gasteiger partial charge in [-0.05, 0) is 30.9 Å². The number of amides is 1. The van der Waals surface area contributed by atoms with E-state index in [4.69, 9.17) is 4.74 Å². The lowest BCUT2D eigenvalue weighted by Crippen LogP contribution is -2.54. The summed E-state index contributed by atoms with van der Waals surface area (Å²) in [5.41, 5.74) is -0.104. The number of nitrogens with zero attached hydrogens (tertiary/aromatic N) is 1. The summed E-state index contributed by atoms with van der Waals surface area (Å²) < 4.78 is 5.85. The zero-order valence-electron chi connectivity index (χ0n) is 16.8.